The smallest absolute Gasteiger partial charge is 0.0727 e. The minimum atomic E-state index is -0.454. The molecule has 7 aromatic carbocycles. The summed E-state index contributed by atoms with van der Waals surface area (Å²) in [4.78, 5) is 2.40. The Labute approximate surface area is 251 Å². The van der Waals surface area contributed by atoms with E-state index in [1.54, 1.807) is 0 Å². The molecule has 2 aliphatic carbocycles. The molecule has 2 aliphatic rings. The van der Waals surface area contributed by atoms with Crippen LogP contribution in [0.1, 0.15) is 22.3 Å². The van der Waals surface area contributed by atoms with Crippen LogP contribution in [0.4, 0.5) is 22.7 Å². The largest absolute Gasteiger partial charge is 0.399 e. The maximum atomic E-state index is 6.53. The van der Waals surface area contributed by atoms with Crippen molar-refractivity contribution in [2.75, 3.05) is 10.6 Å². The van der Waals surface area contributed by atoms with Gasteiger partial charge in [0.1, 0.15) is 0 Å². The average Bonchev–Trinajstić information content (AvgIpc) is 3.52. The highest BCUT2D eigenvalue weighted by atomic mass is 15.1. The number of benzene rings is 7. The van der Waals surface area contributed by atoms with Crippen LogP contribution in [0, 0.1) is 0 Å². The lowest BCUT2D eigenvalue weighted by Gasteiger charge is -2.32. The van der Waals surface area contributed by atoms with Crippen LogP contribution in [-0.4, -0.2) is 0 Å². The number of hydrogen-bond acceptors (Lipinski definition) is 2. The van der Waals surface area contributed by atoms with Gasteiger partial charge in [0.05, 0.1) is 11.1 Å². The second-order valence-electron chi connectivity index (χ2n) is 11.5. The Morgan fingerprint density at radius 2 is 1.00 bits per heavy atom. The lowest BCUT2D eigenvalue weighted by atomic mass is 9.70. The topological polar surface area (TPSA) is 29.3 Å². The van der Waals surface area contributed by atoms with E-state index in [1.165, 1.54) is 55.3 Å². The number of anilines is 4. The first-order valence-corrected chi connectivity index (χ1v) is 14.8. The maximum Gasteiger partial charge on any atom is 0.0727 e. The molecule has 0 aliphatic heterocycles. The lowest BCUT2D eigenvalue weighted by Crippen LogP contribution is -2.26. The summed E-state index contributed by atoms with van der Waals surface area (Å²) in [6.07, 6.45) is 0. The van der Waals surface area contributed by atoms with Gasteiger partial charge in [-0.25, -0.2) is 0 Å². The molecule has 0 amide bonds. The van der Waals surface area contributed by atoms with Gasteiger partial charge in [-0.3, -0.25) is 0 Å². The van der Waals surface area contributed by atoms with Crippen molar-refractivity contribution < 1.29 is 0 Å². The van der Waals surface area contributed by atoms with Gasteiger partial charge in [-0.2, -0.15) is 0 Å². The van der Waals surface area contributed by atoms with Gasteiger partial charge >= 0.3 is 0 Å². The summed E-state index contributed by atoms with van der Waals surface area (Å²) in [5, 5.41) is 2.44. The molecule has 0 saturated heterocycles. The van der Waals surface area contributed by atoms with E-state index in [2.05, 4.69) is 157 Å². The molecule has 7 aromatic rings. The van der Waals surface area contributed by atoms with Crippen molar-refractivity contribution in [3.05, 3.63) is 180 Å². The summed E-state index contributed by atoms with van der Waals surface area (Å²) >= 11 is 0. The molecule has 2 heteroatoms. The highest BCUT2D eigenvalue weighted by Gasteiger charge is 2.51. The fourth-order valence-corrected chi connectivity index (χ4v) is 7.69. The molecule has 0 fully saturated rings. The zero-order chi connectivity index (χ0) is 28.5. The number of para-hydroxylation sites is 1. The quantitative estimate of drug-likeness (QED) is 0.223. The molecule has 0 heterocycles. The van der Waals surface area contributed by atoms with Gasteiger partial charge in [-0.05, 0) is 92.4 Å². The zero-order valence-electron chi connectivity index (χ0n) is 23.5. The van der Waals surface area contributed by atoms with Crippen LogP contribution in [0.2, 0.25) is 0 Å². The van der Waals surface area contributed by atoms with Crippen molar-refractivity contribution in [3.8, 4) is 22.3 Å². The SMILES string of the molecule is Nc1ccc2c(c1)C1(c3ccccc3-c3ccccc31)c1cc(N(c3ccccc3)c3cccc4ccccc34)ccc1-2. The van der Waals surface area contributed by atoms with Crippen LogP contribution in [0.5, 0.6) is 0 Å². The van der Waals surface area contributed by atoms with Gasteiger partial charge in [0.2, 0.25) is 0 Å². The number of hydrogen-bond donors (Lipinski definition) is 1. The first-order valence-electron chi connectivity index (χ1n) is 14.8. The van der Waals surface area contributed by atoms with Gasteiger partial charge < -0.3 is 10.6 Å². The van der Waals surface area contributed by atoms with E-state index in [4.69, 9.17) is 5.73 Å². The van der Waals surface area contributed by atoms with Crippen LogP contribution >= 0.6 is 0 Å². The third kappa shape index (κ3) is 3.23. The summed E-state index contributed by atoms with van der Waals surface area (Å²) in [6, 6.07) is 57.2. The van der Waals surface area contributed by atoms with E-state index in [1.807, 2.05) is 6.07 Å². The van der Waals surface area contributed by atoms with Crippen molar-refractivity contribution in [3.63, 3.8) is 0 Å². The van der Waals surface area contributed by atoms with E-state index < -0.39 is 5.41 Å². The molecule has 202 valence electrons. The number of nitrogens with two attached hydrogens (primary N) is 1. The first-order chi connectivity index (χ1) is 21.2. The average molecular weight is 549 g/mol. The summed E-state index contributed by atoms with van der Waals surface area (Å²) in [5.74, 6) is 0. The fraction of sp³-hybridized carbons (Fsp3) is 0.0244. The molecular formula is C41H28N2. The molecule has 2 nitrogen and oxygen atoms in total. The van der Waals surface area contributed by atoms with Gasteiger partial charge in [0, 0.05) is 22.4 Å². The van der Waals surface area contributed by atoms with E-state index in [0.29, 0.717) is 0 Å². The van der Waals surface area contributed by atoms with Gasteiger partial charge in [-0.1, -0.05) is 115 Å². The highest BCUT2D eigenvalue weighted by Crippen LogP contribution is 2.63. The Kier molecular flexibility index (Phi) is 5.00. The van der Waals surface area contributed by atoms with E-state index >= 15 is 0 Å². The number of fused-ring (bicyclic) bond motifs is 11. The molecule has 1 spiro atoms. The molecular weight excluding hydrogens is 520 g/mol. The monoisotopic (exact) mass is 548 g/mol. The molecule has 43 heavy (non-hydrogen) atoms. The third-order valence-electron chi connectivity index (χ3n) is 9.38. The Bertz CT molecular complexity index is 2160. The molecule has 9 rings (SSSR count). The molecule has 2 N–H and O–H groups in total. The van der Waals surface area contributed by atoms with E-state index in [0.717, 1.165) is 22.7 Å². The van der Waals surface area contributed by atoms with Crippen LogP contribution in [-0.2, 0) is 5.41 Å². The predicted octanol–water partition coefficient (Wildman–Crippen LogP) is 10.2. The van der Waals surface area contributed by atoms with Gasteiger partial charge in [-0.15, -0.1) is 0 Å². The normalized spacial score (nSPS) is 13.4. The number of nitrogen functional groups attached to an aromatic ring is 1. The minimum absolute atomic E-state index is 0.454. The van der Waals surface area contributed by atoms with Crippen LogP contribution in [0.15, 0.2) is 158 Å². The Morgan fingerprint density at radius 1 is 0.419 bits per heavy atom. The van der Waals surface area contributed by atoms with Gasteiger partial charge in [0.25, 0.3) is 0 Å². The fourth-order valence-electron chi connectivity index (χ4n) is 7.69. The van der Waals surface area contributed by atoms with E-state index in [9.17, 15) is 0 Å². The molecule has 0 atom stereocenters. The minimum Gasteiger partial charge on any atom is -0.399 e. The summed E-state index contributed by atoms with van der Waals surface area (Å²) in [6.45, 7) is 0. The summed E-state index contributed by atoms with van der Waals surface area (Å²) in [7, 11) is 0. The number of rotatable bonds is 3. The Morgan fingerprint density at radius 3 is 1.77 bits per heavy atom. The van der Waals surface area contributed by atoms with Crippen LogP contribution < -0.4 is 10.6 Å². The molecule has 0 radical (unpaired) electrons. The Hall–Kier alpha value is -5.60. The van der Waals surface area contributed by atoms with Crippen molar-refractivity contribution in [1.29, 1.82) is 0 Å². The third-order valence-corrected chi connectivity index (χ3v) is 9.38. The van der Waals surface area contributed by atoms with Crippen molar-refractivity contribution in [2.24, 2.45) is 0 Å². The Balaban J connectivity index is 1.38. The first kappa shape index (κ1) is 24.0. The molecule has 0 aromatic heterocycles. The summed E-state index contributed by atoms with van der Waals surface area (Å²) in [5.41, 5.74) is 20.5. The predicted molar refractivity (Wildman–Crippen MR) is 179 cm³/mol. The summed E-state index contributed by atoms with van der Waals surface area (Å²) < 4.78 is 0. The van der Waals surface area contributed by atoms with Crippen molar-refractivity contribution >= 4 is 33.5 Å². The molecule has 0 unspecified atom stereocenters. The van der Waals surface area contributed by atoms with Gasteiger partial charge in [0.15, 0.2) is 0 Å². The zero-order valence-corrected chi connectivity index (χ0v) is 23.5. The van der Waals surface area contributed by atoms with Crippen molar-refractivity contribution in [1.82, 2.24) is 0 Å². The highest BCUT2D eigenvalue weighted by molar-refractivity contribution is 6.01. The molecule has 0 saturated carbocycles. The van der Waals surface area contributed by atoms with Crippen molar-refractivity contribution in [2.45, 2.75) is 5.41 Å². The number of nitrogens with zero attached hydrogens (tertiary/aromatic N) is 1. The second-order valence-corrected chi connectivity index (χ2v) is 11.5. The standard InChI is InChI=1S/C41H28N2/c42-28-21-23-34-35-24-22-30(43(29-13-2-1-3-14-29)40-20-10-12-27-11-4-5-15-31(27)40)26-39(35)41(38(34)25-28)36-18-8-6-16-32(36)33-17-7-9-19-37(33)41/h1-26H,42H2. The second kappa shape index (κ2) is 8.95. The lowest BCUT2D eigenvalue weighted by molar-refractivity contribution is 0.794. The van der Waals surface area contributed by atoms with E-state index in [-0.39, 0.29) is 0 Å². The molecule has 0 bridgehead atoms. The van der Waals surface area contributed by atoms with Crippen LogP contribution in [0.25, 0.3) is 33.0 Å². The maximum absolute atomic E-state index is 6.53. The van der Waals surface area contributed by atoms with Crippen LogP contribution in [0.3, 0.4) is 0 Å².